The number of carbonyl (C=O) groups is 3. The number of amides is 3. The minimum atomic E-state index is -4.33. The number of para-hydroxylation sites is 1. The van der Waals surface area contributed by atoms with Crippen LogP contribution in [0.1, 0.15) is 49.9 Å². The second kappa shape index (κ2) is 7.68. The summed E-state index contributed by atoms with van der Waals surface area (Å²) >= 11 is 0. The Kier molecular flexibility index (Phi) is 5.60. The number of alkyl halides is 3. The van der Waals surface area contributed by atoms with Gasteiger partial charge in [0.1, 0.15) is 5.66 Å². The van der Waals surface area contributed by atoms with E-state index in [-0.39, 0.29) is 37.7 Å². The first kappa shape index (κ1) is 21.1. The van der Waals surface area contributed by atoms with Crippen molar-refractivity contribution in [2.45, 2.75) is 51.4 Å². The molecule has 0 aliphatic carbocycles. The number of anilines is 1. The van der Waals surface area contributed by atoms with Crippen molar-refractivity contribution >= 4 is 23.4 Å². The molecule has 2 heterocycles. The molecule has 3 amide bonds. The third kappa shape index (κ3) is 3.95. The molecule has 0 radical (unpaired) electrons. The van der Waals surface area contributed by atoms with Gasteiger partial charge in [-0.05, 0) is 32.4 Å². The first-order valence-electron chi connectivity index (χ1n) is 9.67. The van der Waals surface area contributed by atoms with Crippen LogP contribution in [0.4, 0.5) is 18.9 Å². The Morgan fingerprint density at radius 3 is 2.59 bits per heavy atom. The van der Waals surface area contributed by atoms with Gasteiger partial charge in [0.25, 0.3) is 5.91 Å². The number of benzene rings is 1. The number of carbonyl (C=O) groups excluding carboxylic acids is 3. The molecule has 0 saturated carbocycles. The summed E-state index contributed by atoms with van der Waals surface area (Å²) < 4.78 is 37.5. The molecule has 0 aromatic heterocycles. The summed E-state index contributed by atoms with van der Waals surface area (Å²) in [7, 11) is 0. The second-order valence-electron chi connectivity index (χ2n) is 7.51. The van der Waals surface area contributed by atoms with Crippen LogP contribution >= 0.6 is 0 Å². The van der Waals surface area contributed by atoms with Crippen LogP contribution in [0.3, 0.4) is 0 Å². The minimum absolute atomic E-state index is 0.0365. The number of nitrogens with zero attached hydrogens (tertiary/aromatic N) is 3. The summed E-state index contributed by atoms with van der Waals surface area (Å²) in [4.78, 5) is 42.4. The third-order valence-corrected chi connectivity index (χ3v) is 5.69. The quantitative estimate of drug-likeness (QED) is 0.723. The zero-order valence-electron chi connectivity index (χ0n) is 16.5. The lowest BCUT2D eigenvalue weighted by molar-refractivity contribution is -0.145. The second-order valence-corrected chi connectivity index (χ2v) is 7.51. The number of rotatable bonds is 6. The van der Waals surface area contributed by atoms with Gasteiger partial charge in [0.05, 0.1) is 17.7 Å². The molecule has 158 valence electrons. The number of hydrogen-bond acceptors (Lipinski definition) is 3. The Hall–Kier alpha value is -2.58. The van der Waals surface area contributed by atoms with Gasteiger partial charge in [-0.15, -0.1) is 0 Å². The van der Waals surface area contributed by atoms with Crippen LogP contribution in [0, 0.1) is 0 Å². The Balaban J connectivity index is 1.77. The van der Waals surface area contributed by atoms with Crippen molar-refractivity contribution in [2.24, 2.45) is 0 Å². The molecule has 1 atom stereocenters. The average Bonchev–Trinajstić information content (AvgIpc) is 2.96. The lowest BCUT2D eigenvalue weighted by Crippen LogP contribution is -2.62. The summed E-state index contributed by atoms with van der Waals surface area (Å²) in [5.41, 5.74) is 0.0637. The van der Waals surface area contributed by atoms with Crippen LogP contribution in [0.15, 0.2) is 24.3 Å². The molecule has 2 aliphatic rings. The van der Waals surface area contributed by atoms with Crippen LogP contribution in [0.25, 0.3) is 0 Å². The minimum Gasteiger partial charge on any atom is -0.343 e. The maximum Gasteiger partial charge on any atom is 0.390 e. The van der Waals surface area contributed by atoms with Gasteiger partial charge in [0, 0.05) is 32.5 Å². The van der Waals surface area contributed by atoms with Gasteiger partial charge in [-0.3, -0.25) is 19.3 Å². The Labute approximate surface area is 167 Å². The van der Waals surface area contributed by atoms with E-state index in [1.54, 1.807) is 43.0 Å². The van der Waals surface area contributed by atoms with Gasteiger partial charge in [-0.2, -0.15) is 13.2 Å². The Morgan fingerprint density at radius 1 is 1.24 bits per heavy atom. The molecular weight excluding hydrogens is 387 g/mol. The van der Waals surface area contributed by atoms with E-state index < -0.39 is 30.7 Å². The van der Waals surface area contributed by atoms with Crippen LogP contribution in [0.2, 0.25) is 0 Å². The lowest BCUT2D eigenvalue weighted by Gasteiger charge is -2.48. The van der Waals surface area contributed by atoms with E-state index in [1.165, 1.54) is 4.90 Å². The Morgan fingerprint density at radius 2 is 1.93 bits per heavy atom. The van der Waals surface area contributed by atoms with Gasteiger partial charge in [-0.1, -0.05) is 12.1 Å². The molecule has 1 fully saturated rings. The lowest BCUT2D eigenvalue weighted by atomic mass is 9.98. The highest BCUT2D eigenvalue weighted by Gasteiger charge is 2.52. The zero-order valence-corrected chi connectivity index (χ0v) is 16.5. The van der Waals surface area contributed by atoms with Gasteiger partial charge in [0.15, 0.2) is 0 Å². The Bertz CT molecular complexity index is 827. The largest absolute Gasteiger partial charge is 0.390 e. The molecule has 6 nitrogen and oxygen atoms in total. The molecule has 1 aromatic carbocycles. The van der Waals surface area contributed by atoms with Crippen LogP contribution < -0.4 is 4.90 Å². The summed E-state index contributed by atoms with van der Waals surface area (Å²) in [5.74, 6) is -0.813. The van der Waals surface area contributed by atoms with E-state index in [2.05, 4.69) is 0 Å². The van der Waals surface area contributed by atoms with Crippen molar-refractivity contribution < 1.29 is 27.6 Å². The standard InChI is InChI=1S/C20H24F3N3O3/c1-3-24(13-11-20(21,22)23)16(27)9-12-25-18(29)14-6-4-5-7-15(14)26-17(28)8-10-19(25,26)2/h4-7H,3,8-13H2,1-2H3. The molecule has 0 N–H and O–H groups in total. The van der Waals surface area contributed by atoms with Crippen molar-refractivity contribution in [2.75, 3.05) is 24.5 Å². The SMILES string of the molecule is CCN(CCC(F)(F)F)C(=O)CCN1C(=O)c2ccccc2N2C(=O)CCC12C. The molecule has 0 spiro atoms. The highest BCUT2D eigenvalue weighted by Crippen LogP contribution is 2.43. The number of fused-ring (bicyclic) bond motifs is 3. The fourth-order valence-corrected chi connectivity index (χ4v) is 4.13. The summed E-state index contributed by atoms with van der Waals surface area (Å²) in [5, 5.41) is 0. The van der Waals surface area contributed by atoms with Crippen LogP contribution in [0.5, 0.6) is 0 Å². The topological polar surface area (TPSA) is 60.9 Å². The summed E-state index contributed by atoms with van der Waals surface area (Å²) in [6.07, 6.45) is -4.78. The highest BCUT2D eigenvalue weighted by molar-refractivity contribution is 6.10. The highest BCUT2D eigenvalue weighted by atomic mass is 19.4. The van der Waals surface area contributed by atoms with Gasteiger partial charge < -0.3 is 9.80 Å². The maximum absolute atomic E-state index is 13.1. The van der Waals surface area contributed by atoms with Crippen molar-refractivity contribution in [1.82, 2.24) is 9.80 Å². The molecule has 1 saturated heterocycles. The first-order chi connectivity index (χ1) is 13.6. The predicted molar refractivity (Wildman–Crippen MR) is 100 cm³/mol. The molecule has 2 aliphatic heterocycles. The maximum atomic E-state index is 13.1. The van der Waals surface area contributed by atoms with Crippen molar-refractivity contribution in [1.29, 1.82) is 0 Å². The molecular formula is C20H24F3N3O3. The molecule has 0 bridgehead atoms. The van der Waals surface area contributed by atoms with E-state index in [1.807, 2.05) is 0 Å². The van der Waals surface area contributed by atoms with Gasteiger partial charge in [0.2, 0.25) is 11.8 Å². The molecule has 1 unspecified atom stereocenters. The first-order valence-corrected chi connectivity index (χ1v) is 9.67. The fraction of sp³-hybridized carbons (Fsp3) is 0.550. The number of halogens is 3. The molecule has 3 rings (SSSR count). The van der Waals surface area contributed by atoms with E-state index in [9.17, 15) is 27.6 Å². The third-order valence-electron chi connectivity index (χ3n) is 5.69. The zero-order chi connectivity index (χ0) is 21.4. The summed E-state index contributed by atoms with van der Waals surface area (Å²) in [6, 6.07) is 6.84. The van der Waals surface area contributed by atoms with Gasteiger partial charge in [-0.25, -0.2) is 0 Å². The van der Waals surface area contributed by atoms with Crippen molar-refractivity contribution in [3.63, 3.8) is 0 Å². The van der Waals surface area contributed by atoms with Crippen molar-refractivity contribution in [3.05, 3.63) is 29.8 Å². The molecule has 29 heavy (non-hydrogen) atoms. The molecule has 1 aromatic rings. The van der Waals surface area contributed by atoms with E-state index in [0.29, 0.717) is 17.7 Å². The smallest absolute Gasteiger partial charge is 0.343 e. The molecule has 9 heteroatoms. The predicted octanol–water partition coefficient (Wildman–Crippen LogP) is 3.18. The fourth-order valence-electron chi connectivity index (χ4n) is 4.13. The van der Waals surface area contributed by atoms with E-state index in [4.69, 9.17) is 0 Å². The summed E-state index contributed by atoms with van der Waals surface area (Å²) in [6.45, 7) is 3.20. The average molecular weight is 411 g/mol. The van der Waals surface area contributed by atoms with E-state index >= 15 is 0 Å². The van der Waals surface area contributed by atoms with Crippen LogP contribution in [-0.2, 0) is 9.59 Å². The van der Waals surface area contributed by atoms with Crippen LogP contribution in [-0.4, -0.2) is 59.0 Å². The normalized spacial score (nSPS) is 21.3. The monoisotopic (exact) mass is 411 g/mol. The van der Waals surface area contributed by atoms with Crippen molar-refractivity contribution in [3.8, 4) is 0 Å². The van der Waals surface area contributed by atoms with E-state index in [0.717, 1.165) is 4.90 Å². The van der Waals surface area contributed by atoms with Gasteiger partial charge >= 0.3 is 6.18 Å². The number of hydrogen-bond donors (Lipinski definition) is 0.